The summed E-state index contributed by atoms with van der Waals surface area (Å²) in [5.41, 5.74) is 1.91. The number of benzene rings is 1. The van der Waals surface area contributed by atoms with E-state index >= 15 is 0 Å². The highest BCUT2D eigenvalue weighted by molar-refractivity contribution is 9.09. The van der Waals surface area contributed by atoms with Crippen LogP contribution >= 0.6 is 15.9 Å². The molecule has 1 aromatic heterocycles. The third-order valence-electron chi connectivity index (χ3n) is 3.03. The molecule has 0 spiro atoms. The Morgan fingerprint density at radius 3 is 2.67 bits per heavy atom. The lowest BCUT2D eigenvalue weighted by molar-refractivity contribution is -0.117. The van der Waals surface area contributed by atoms with E-state index in [1.807, 2.05) is 39.9 Å². The number of amides is 1. The average Bonchev–Trinajstić information content (AvgIpc) is 2.99. The average molecular weight is 306 g/mol. The van der Waals surface area contributed by atoms with Crippen molar-refractivity contribution in [3.05, 3.63) is 43.0 Å². The Bertz CT molecular complexity index is 567. The fraction of sp³-hybridized carbons (Fsp3) is 0.231. The molecule has 1 atom stereocenters. The Morgan fingerprint density at radius 2 is 2.06 bits per heavy atom. The molecular formula is C13H12BrN3O. The van der Waals surface area contributed by atoms with Gasteiger partial charge in [0, 0.05) is 30.2 Å². The van der Waals surface area contributed by atoms with E-state index in [1.165, 1.54) is 0 Å². The molecular weight excluding hydrogens is 294 g/mol. The summed E-state index contributed by atoms with van der Waals surface area (Å²) in [4.78, 5) is 18.1. The maximum absolute atomic E-state index is 12.0. The van der Waals surface area contributed by atoms with Crippen molar-refractivity contribution in [1.29, 1.82) is 0 Å². The fourth-order valence-electron chi connectivity index (χ4n) is 2.21. The quantitative estimate of drug-likeness (QED) is 0.799. The molecule has 1 fully saturated rings. The van der Waals surface area contributed by atoms with Gasteiger partial charge in [-0.2, -0.15) is 0 Å². The topological polar surface area (TPSA) is 38.1 Å². The van der Waals surface area contributed by atoms with Crippen molar-refractivity contribution in [2.45, 2.75) is 11.2 Å². The summed E-state index contributed by atoms with van der Waals surface area (Å²) in [6.07, 6.45) is 5.91. The van der Waals surface area contributed by atoms with Gasteiger partial charge in [0.15, 0.2) is 0 Å². The molecule has 0 aliphatic carbocycles. The number of hydrogen-bond donors (Lipinski definition) is 0. The molecule has 0 bridgehead atoms. The minimum atomic E-state index is 0.157. The Morgan fingerprint density at radius 1 is 1.28 bits per heavy atom. The molecule has 1 aromatic carbocycles. The van der Waals surface area contributed by atoms with Crippen LogP contribution in [0.25, 0.3) is 5.69 Å². The predicted molar refractivity (Wildman–Crippen MR) is 73.2 cm³/mol. The third-order valence-corrected chi connectivity index (χ3v) is 3.65. The second kappa shape index (κ2) is 4.57. The number of rotatable bonds is 2. The molecule has 0 N–H and O–H groups in total. The number of hydrogen-bond acceptors (Lipinski definition) is 2. The van der Waals surface area contributed by atoms with Crippen LogP contribution in [0.5, 0.6) is 0 Å². The highest BCUT2D eigenvalue weighted by Crippen LogP contribution is 2.30. The van der Waals surface area contributed by atoms with Crippen LogP contribution in [0.1, 0.15) is 6.42 Å². The predicted octanol–water partition coefficient (Wildman–Crippen LogP) is 2.37. The van der Waals surface area contributed by atoms with Gasteiger partial charge in [-0.25, -0.2) is 4.98 Å². The van der Waals surface area contributed by atoms with Crippen LogP contribution in [0.2, 0.25) is 0 Å². The van der Waals surface area contributed by atoms with Gasteiger partial charge in [-0.3, -0.25) is 4.79 Å². The van der Waals surface area contributed by atoms with Crippen molar-refractivity contribution in [2.75, 3.05) is 11.4 Å². The minimum Gasteiger partial charge on any atom is -0.309 e. The molecule has 2 aromatic rings. The van der Waals surface area contributed by atoms with Crippen LogP contribution < -0.4 is 4.90 Å². The van der Waals surface area contributed by atoms with Gasteiger partial charge in [-0.1, -0.05) is 28.1 Å². The van der Waals surface area contributed by atoms with Gasteiger partial charge in [0.05, 0.1) is 17.7 Å². The van der Waals surface area contributed by atoms with E-state index in [-0.39, 0.29) is 10.7 Å². The number of nitrogens with zero attached hydrogens (tertiary/aromatic N) is 3. The monoisotopic (exact) mass is 305 g/mol. The number of anilines is 1. The van der Waals surface area contributed by atoms with Gasteiger partial charge in [0.2, 0.25) is 5.91 Å². The van der Waals surface area contributed by atoms with Crippen molar-refractivity contribution < 1.29 is 4.79 Å². The van der Waals surface area contributed by atoms with Gasteiger partial charge in [0.1, 0.15) is 0 Å². The standard InChI is InChI=1S/C13H12BrN3O/c14-10-7-13(18)17(8-10)12-4-2-1-3-11(12)16-6-5-15-9-16/h1-6,9-10H,7-8H2. The second-order valence-electron chi connectivity index (χ2n) is 4.26. The highest BCUT2D eigenvalue weighted by Gasteiger charge is 2.30. The number of para-hydroxylation sites is 2. The molecule has 2 heterocycles. The third kappa shape index (κ3) is 1.95. The first-order chi connectivity index (χ1) is 8.75. The molecule has 0 saturated carbocycles. The zero-order chi connectivity index (χ0) is 12.5. The van der Waals surface area contributed by atoms with Gasteiger partial charge < -0.3 is 9.47 Å². The number of carbonyl (C=O) groups is 1. The maximum Gasteiger partial charge on any atom is 0.228 e. The molecule has 3 rings (SSSR count). The van der Waals surface area contributed by atoms with Crippen LogP contribution in [-0.2, 0) is 4.79 Å². The minimum absolute atomic E-state index is 0.157. The molecule has 5 heteroatoms. The first-order valence-corrected chi connectivity index (χ1v) is 6.69. The van der Waals surface area contributed by atoms with Gasteiger partial charge >= 0.3 is 0 Å². The van der Waals surface area contributed by atoms with E-state index in [0.29, 0.717) is 13.0 Å². The number of imidazole rings is 1. The lowest BCUT2D eigenvalue weighted by Crippen LogP contribution is -2.25. The van der Waals surface area contributed by atoms with Gasteiger partial charge in [-0.05, 0) is 12.1 Å². The first kappa shape index (κ1) is 11.5. The number of aromatic nitrogens is 2. The largest absolute Gasteiger partial charge is 0.309 e. The molecule has 92 valence electrons. The van der Waals surface area contributed by atoms with E-state index in [1.54, 1.807) is 12.5 Å². The first-order valence-electron chi connectivity index (χ1n) is 5.77. The van der Waals surface area contributed by atoms with Crippen LogP contribution in [0.15, 0.2) is 43.0 Å². The summed E-state index contributed by atoms with van der Waals surface area (Å²) in [7, 11) is 0. The molecule has 1 aliphatic rings. The van der Waals surface area contributed by atoms with Crippen molar-refractivity contribution in [1.82, 2.24) is 9.55 Å². The summed E-state index contributed by atoms with van der Waals surface area (Å²) in [5.74, 6) is 0.157. The summed E-state index contributed by atoms with van der Waals surface area (Å²) in [6, 6.07) is 7.87. The number of halogens is 1. The summed E-state index contributed by atoms with van der Waals surface area (Å²) >= 11 is 3.51. The van der Waals surface area contributed by atoms with Crippen molar-refractivity contribution in [3.8, 4) is 5.69 Å². The van der Waals surface area contributed by atoms with Crippen LogP contribution in [0, 0.1) is 0 Å². The van der Waals surface area contributed by atoms with Crippen LogP contribution in [0.3, 0.4) is 0 Å². The van der Waals surface area contributed by atoms with Crippen molar-refractivity contribution in [3.63, 3.8) is 0 Å². The van der Waals surface area contributed by atoms with E-state index in [9.17, 15) is 4.79 Å². The molecule has 1 saturated heterocycles. The summed E-state index contributed by atoms with van der Waals surface area (Å²) < 4.78 is 1.92. The zero-order valence-electron chi connectivity index (χ0n) is 9.66. The number of carbonyl (C=O) groups excluding carboxylic acids is 1. The fourth-order valence-corrected chi connectivity index (χ4v) is 2.78. The Balaban J connectivity index is 2.05. The highest BCUT2D eigenvalue weighted by atomic mass is 79.9. The van der Waals surface area contributed by atoms with E-state index < -0.39 is 0 Å². The van der Waals surface area contributed by atoms with Gasteiger partial charge in [-0.15, -0.1) is 0 Å². The summed E-state index contributed by atoms with van der Waals surface area (Å²) in [5, 5.41) is 0. The smallest absolute Gasteiger partial charge is 0.228 e. The molecule has 1 unspecified atom stereocenters. The lowest BCUT2D eigenvalue weighted by Gasteiger charge is -2.20. The maximum atomic E-state index is 12.0. The number of alkyl halides is 1. The molecule has 1 aliphatic heterocycles. The Hall–Kier alpha value is -1.62. The SMILES string of the molecule is O=C1CC(Br)CN1c1ccccc1-n1ccnc1. The Kier molecular flexibility index (Phi) is 2.91. The normalized spacial score (nSPS) is 19.5. The van der Waals surface area contributed by atoms with Crippen LogP contribution in [0.4, 0.5) is 5.69 Å². The van der Waals surface area contributed by atoms with E-state index in [4.69, 9.17) is 0 Å². The molecule has 18 heavy (non-hydrogen) atoms. The van der Waals surface area contributed by atoms with E-state index in [2.05, 4.69) is 20.9 Å². The van der Waals surface area contributed by atoms with Gasteiger partial charge in [0.25, 0.3) is 0 Å². The zero-order valence-corrected chi connectivity index (χ0v) is 11.2. The Labute approximate surface area is 113 Å². The molecule has 0 radical (unpaired) electrons. The van der Waals surface area contributed by atoms with Crippen molar-refractivity contribution in [2.24, 2.45) is 0 Å². The van der Waals surface area contributed by atoms with Crippen molar-refractivity contribution >= 4 is 27.5 Å². The second-order valence-corrected chi connectivity index (χ2v) is 5.56. The van der Waals surface area contributed by atoms with Crippen LogP contribution in [-0.4, -0.2) is 26.8 Å². The van der Waals surface area contributed by atoms with E-state index in [0.717, 1.165) is 11.4 Å². The summed E-state index contributed by atoms with van der Waals surface area (Å²) in [6.45, 7) is 0.713. The lowest BCUT2D eigenvalue weighted by atomic mass is 10.2. The molecule has 1 amide bonds. The molecule has 4 nitrogen and oxygen atoms in total.